The molecule has 0 saturated carbocycles. The van der Waals surface area contributed by atoms with Crippen LogP contribution in [0.25, 0.3) is 0 Å². The van der Waals surface area contributed by atoms with E-state index < -0.39 is 0 Å². The van der Waals surface area contributed by atoms with E-state index in [4.69, 9.17) is 4.42 Å². The second-order valence-electron chi connectivity index (χ2n) is 4.02. The monoisotopic (exact) mass is 233 g/mol. The van der Waals surface area contributed by atoms with Crippen molar-refractivity contribution in [3.63, 3.8) is 0 Å². The Kier molecular flexibility index (Phi) is 3.42. The summed E-state index contributed by atoms with van der Waals surface area (Å²) in [4.78, 5) is 25.1. The highest BCUT2D eigenvalue weighted by Crippen LogP contribution is 2.23. The third kappa shape index (κ3) is 2.46. The molecule has 1 aliphatic heterocycles. The predicted molar refractivity (Wildman–Crippen MR) is 62.4 cm³/mol. The van der Waals surface area contributed by atoms with Crippen molar-refractivity contribution in [1.82, 2.24) is 4.90 Å². The summed E-state index contributed by atoms with van der Waals surface area (Å²) in [5.74, 6) is 0.236. The normalized spacial score (nSPS) is 18.1. The summed E-state index contributed by atoms with van der Waals surface area (Å²) in [6, 6.07) is 3.30. The summed E-state index contributed by atoms with van der Waals surface area (Å²) >= 11 is 0. The van der Waals surface area contributed by atoms with Gasteiger partial charge in [0.25, 0.3) is 0 Å². The molecule has 1 aliphatic rings. The predicted octanol–water partition coefficient (Wildman–Crippen LogP) is 2.38. The number of rotatable bonds is 4. The number of carbonyl (C=O) groups excluding carboxylic acids is 2. The molecular formula is C13H15NO3. The molecule has 4 heteroatoms. The average molecular weight is 233 g/mol. The number of amides is 1. The second kappa shape index (κ2) is 4.99. The summed E-state index contributed by atoms with van der Waals surface area (Å²) in [5, 5.41) is 0. The van der Waals surface area contributed by atoms with Crippen LogP contribution in [0.15, 0.2) is 34.6 Å². The highest BCUT2D eigenvalue weighted by Gasteiger charge is 2.25. The van der Waals surface area contributed by atoms with Gasteiger partial charge in [-0.05, 0) is 25.0 Å². The van der Waals surface area contributed by atoms with E-state index in [0.717, 1.165) is 12.1 Å². The molecule has 0 spiro atoms. The zero-order valence-electron chi connectivity index (χ0n) is 9.81. The van der Waals surface area contributed by atoms with E-state index in [2.05, 4.69) is 0 Å². The van der Waals surface area contributed by atoms with E-state index in [0.29, 0.717) is 25.1 Å². The van der Waals surface area contributed by atoms with Gasteiger partial charge >= 0.3 is 0 Å². The number of furan rings is 1. The highest BCUT2D eigenvalue weighted by atomic mass is 16.3. The zero-order chi connectivity index (χ0) is 12.3. The third-order valence-electron chi connectivity index (χ3n) is 2.75. The molecule has 2 rings (SSSR count). The van der Waals surface area contributed by atoms with Crippen molar-refractivity contribution in [2.45, 2.75) is 26.2 Å². The van der Waals surface area contributed by atoms with Crippen molar-refractivity contribution in [3.8, 4) is 0 Å². The molecule has 0 bridgehead atoms. The van der Waals surface area contributed by atoms with Gasteiger partial charge in [0.1, 0.15) is 0 Å². The second-order valence-corrected chi connectivity index (χ2v) is 4.02. The van der Waals surface area contributed by atoms with Crippen LogP contribution in [0.2, 0.25) is 0 Å². The maximum absolute atomic E-state index is 11.8. The van der Waals surface area contributed by atoms with E-state index in [-0.39, 0.29) is 11.7 Å². The fraction of sp³-hybridized carbons (Fsp3) is 0.385. The fourth-order valence-corrected chi connectivity index (χ4v) is 1.95. The zero-order valence-corrected chi connectivity index (χ0v) is 9.81. The first-order chi connectivity index (χ1) is 8.22. The van der Waals surface area contributed by atoms with Gasteiger partial charge in [0, 0.05) is 24.7 Å². The van der Waals surface area contributed by atoms with Crippen molar-refractivity contribution in [2.24, 2.45) is 0 Å². The van der Waals surface area contributed by atoms with E-state index in [9.17, 15) is 9.59 Å². The van der Waals surface area contributed by atoms with Crippen molar-refractivity contribution >= 4 is 11.7 Å². The first-order valence-electron chi connectivity index (χ1n) is 5.81. The lowest BCUT2D eigenvalue weighted by Gasteiger charge is -2.16. The lowest BCUT2D eigenvalue weighted by atomic mass is 10.2. The molecule has 1 aromatic rings. The Morgan fingerprint density at radius 1 is 1.53 bits per heavy atom. The number of hydrogen-bond donors (Lipinski definition) is 0. The minimum Gasteiger partial charge on any atom is -0.461 e. The summed E-state index contributed by atoms with van der Waals surface area (Å²) in [5.41, 5.74) is 0.804. The van der Waals surface area contributed by atoms with E-state index >= 15 is 0 Å². The molecule has 2 heterocycles. The molecule has 1 amide bonds. The standard InChI is InChI=1S/C13H15NO3/c1-2-7-14-10(5-6-13(14)16)9-11(15)12-4-3-8-17-12/h3-4,8-9H,2,5-7H2,1H3/b10-9+. The van der Waals surface area contributed by atoms with Crippen molar-refractivity contribution in [2.75, 3.05) is 6.54 Å². The van der Waals surface area contributed by atoms with Gasteiger partial charge in [-0.3, -0.25) is 9.59 Å². The summed E-state index contributed by atoms with van der Waals surface area (Å²) < 4.78 is 5.03. The van der Waals surface area contributed by atoms with Crippen LogP contribution in [-0.2, 0) is 4.79 Å². The van der Waals surface area contributed by atoms with Gasteiger partial charge in [-0.2, -0.15) is 0 Å². The Bertz CT molecular complexity index is 445. The van der Waals surface area contributed by atoms with Crippen LogP contribution in [0, 0.1) is 0 Å². The van der Waals surface area contributed by atoms with Crippen molar-refractivity contribution in [1.29, 1.82) is 0 Å². The molecule has 0 atom stereocenters. The Hall–Kier alpha value is -1.84. The molecule has 0 radical (unpaired) electrons. The van der Waals surface area contributed by atoms with Gasteiger partial charge < -0.3 is 9.32 Å². The Morgan fingerprint density at radius 2 is 2.35 bits per heavy atom. The average Bonchev–Trinajstić information content (AvgIpc) is 2.93. The van der Waals surface area contributed by atoms with Crippen LogP contribution in [0.1, 0.15) is 36.7 Å². The minimum absolute atomic E-state index is 0.102. The summed E-state index contributed by atoms with van der Waals surface area (Å²) in [6.45, 7) is 2.69. The van der Waals surface area contributed by atoms with E-state index in [1.165, 1.54) is 12.3 Å². The van der Waals surface area contributed by atoms with Crippen molar-refractivity contribution < 1.29 is 14.0 Å². The fourth-order valence-electron chi connectivity index (χ4n) is 1.95. The lowest BCUT2D eigenvalue weighted by molar-refractivity contribution is -0.126. The molecule has 17 heavy (non-hydrogen) atoms. The van der Waals surface area contributed by atoms with Gasteiger partial charge in [-0.1, -0.05) is 6.92 Å². The first kappa shape index (κ1) is 11.6. The molecule has 0 unspecified atom stereocenters. The highest BCUT2D eigenvalue weighted by molar-refractivity contribution is 6.03. The molecule has 0 aromatic carbocycles. The number of likely N-dealkylation sites (tertiary alicyclic amines) is 1. The molecule has 1 aromatic heterocycles. The van der Waals surface area contributed by atoms with Crippen LogP contribution in [-0.4, -0.2) is 23.1 Å². The Balaban J connectivity index is 2.16. The summed E-state index contributed by atoms with van der Waals surface area (Å²) in [6.07, 6.45) is 5.01. The lowest BCUT2D eigenvalue weighted by Crippen LogP contribution is -2.24. The molecule has 1 saturated heterocycles. The van der Waals surface area contributed by atoms with Gasteiger partial charge in [0.15, 0.2) is 5.76 Å². The number of ketones is 1. The number of hydrogen-bond acceptors (Lipinski definition) is 3. The molecule has 90 valence electrons. The molecule has 1 fully saturated rings. The van der Waals surface area contributed by atoms with E-state index in [1.807, 2.05) is 6.92 Å². The first-order valence-corrected chi connectivity index (χ1v) is 5.81. The topological polar surface area (TPSA) is 50.5 Å². The summed E-state index contributed by atoms with van der Waals surface area (Å²) in [7, 11) is 0. The van der Waals surface area contributed by atoms with Gasteiger partial charge in [-0.25, -0.2) is 0 Å². The van der Waals surface area contributed by atoms with Crippen LogP contribution >= 0.6 is 0 Å². The largest absolute Gasteiger partial charge is 0.461 e. The molecule has 0 N–H and O–H groups in total. The molecule has 0 aliphatic carbocycles. The minimum atomic E-state index is -0.180. The maximum Gasteiger partial charge on any atom is 0.227 e. The SMILES string of the molecule is CCCN1C(=O)CC/C1=C\C(=O)c1ccco1. The number of allylic oxidation sites excluding steroid dienone is 2. The van der Waals surface area contributed by atoms with Gasteiger partial charge in [-0.15, -0.1) is 0 Å². The van der Waals surface area contributed by atoms with E-state index in [1.54, 1.807) is 17.0 Å². The molecular weight excluding hydrogens is 218 g/mol. The quantitative estimate of drug-likeness (QED) is 0.592. The van der Waals surface area contributed by atoms with Gasteiger partial charge in [0.05, 0.1) is 6.26 Å². The molecule has 4 nitrogen and oxygen atoms in total. The maximum atomic E-state index is 11.8. The van der Waals surface area contributed by atoms with Crippen LogP contribution in [0.5, 0.6) is 0 Å². The van der Waals surface area contributed by atoms with Crippen LogP contribution in [0.4, 0.5) is 0 Å². The van der Waals surface area contributed by atoms with Gasteiger partial charge in [0.2, 0.25) is 11.7 Å². The Labute approximate surface area is 99.9 Å². The third-order valence-corrected chi connectivity index (χ3v) is 2.75. The van der Waals surface area contributed by atoms with Crippen LogP contribution < -0.4 is 0 Å². The number of carbonyl (C=O) groups is 2. The Morgan fingerprint density at radius 3 is 3.00 bits per heavy atom. The smallest absolute Gasteiger partial charge is 0.227 e. The number of nitrogens with zero attached hydrogens (tertiary/aromatic N) is 1. The van der Waals surface area contributed by atoms with Crippen LogP contribution in [0.3, 0.4) is 0 Å². The van der Waals surface area contributed by atoms with Crippen molar-refractivity contribution in [3.05, 3.63) is 35.9 Å².